The van der Waals surface area contributed by atoms with Crippen LogP contribution in [0.4, 0.5) is 5.13 Å². The number of fused-ring (bicyclic) bond motifs is 1. The minimum Gasteiger partial charge on any atom is -0.395 e. The standard InChI is InChI=1S/C18H25N3O2S/c1-3-20(18-19-15-9-4-5-10-16(15)24-18)17(23)11-21-13(2)7-6-8-14(21)12-22/h4-5,9-10,13-14,22H,3,6-8,11-12H2,1-2H3. The Morgan fingerprint density at radius 1 is 1.42 bits per heavy atom. The molecule has 24 heavy (non-hydrogen) atoms. The second kappa shape index (κ2) is 7.59. The molecule has 0 aliphatic carbocycles. The quantitative estimate of drug-likeness (QED) is 0.903. The van der Waals surface area contributed by atoms with E-state index in [2.05, 4.69) is 16.8 Å². The SMILES string of the molecule is CCN(C(=O)CN1C(C)CCCC1CO)c1nc2ccccc2s1. The fourth-order valence-electron chi connectivity index (χ4n) is 3.46. The number of carbonyl (C=O) groups excluding carboxylic acids is 1. The number of hydrogen-bond donors (Lipinski definition) is 1. The van der Waals surface area contributed by atoms with Gasteiger partial charge in [0.1, 0.15) is 0 Å². The molecule has 6 heteroatoms. The van der Waals surface area contributed by atoms with E-state index in [1.165, 1.54) is 0 Å². The van der Waals surface area contributed by atoms with Crippen LogP contribution in [0.15, 0.2) is 24.3 Å². The number of nitrogens with zero attached hydrogens (tertiary/aromatic N) is 3. The van der Waals surface area contributed by atoms with E-state index >= 15 is 0 Å². The molecule has 1 aliphatic heterocycles. The zero-order valence-electron chi connectivity index (χ0n) is 14.3. The molecule has 2 atom stereocenters. The van der Waals surface area contributed by atoms with Gasteiger partial charge in [0.15, 0.2) is 5.13 Å². The number of aromatic nitrogens is 1. The van der Waals surface area contributed by atoms with Gasteiger partial charge in [-0.15, -0.1) is 0 Å². The number of likely N-dealkylation sites (tertiary alicyclic amines) is 1. The van der Waals surface area contributed by atoms with Gasteiger partial charge in [0.05, 0.1) is 23.4 Å². The van der Waals surface area contributed by atoms with Crippen LogP contribution in [0, 0.1) is 0 Å². The molecule has 0 bridgehead atoms. The molecule has 130 valence electrons. The summed E-state index contributed by atoms with van der Waals surface area (Å²) in [4.78, 5) is 21.4. The summed E-state index contributed by atoms with van der Waals surface area (Å²) >= 11 is 1.55. The summed E-state index contributed by atoms with van der Waals surface area (Å²) in [6.45, 7) is 5.18. The molecule has 2 aromatic rings. The van der Waals surface area contributed by atoms with E-state index in [1.807, 2.05) is 31.2 Å². The van der Waals surface area contributed by atoms with Gasteiger partial charge in [0, 0.05) is 18.6 Å². The van der Waals surface area contributed by atoms with Crippen LogP contribution in [-0.2, 0) is 4.79 Å². The van der Waals surface area contributed by atoms with E-state index in [0.29, 0.717) is 19.1 Å². The summed E-state index contributed by atoms with van der Waals surface area (Å²) in [6.07, 6.45) is 3.16. The van der Waals surface area contributed by atoms with E-state index in [-0.39, 0.29) is 18.6 Å². The van der Waals surface area contributed by atoms with Crippen molar-refractivity contribution >= 4 is 32.6 Å². The van der Waals surface area contributed by atoms with Crippen LogP contribution in [0.2, 0.25) is 0 Å². The molecule has 1 fully saturated rings. The Morgan fingerprint density at radius 2 is 2.21 bits per heavy atom. The molecule has 1 aromatic heterocycles. The lowest BCUT2D eigenvalue weighted by Crippen LogP contribution is -2.52. The van der Waals surface area contributed by atoms with Crippen LogP contribution in [-0.4, -0.2) is 52.7 Å². The predicted octanol–water partition coefficient (Wildman–Crippen LogP) is 2.88. The number of thiazole rings is 1. The summed E-state index contributed by atoms with van der Waals surface area (Å²) in [5.74, 6) is 0.0590. The minimum atomic E-state index is 0.0590. The molecule has 0 saturated carbocycles. The topological polar surface area (TPSA) is 56.7 Å². The van der Waals surface area contributed by atoms with Crippen LogP contribution in [0.3, 0.4) is 0 Å². The zero-order chi connectivity index (χ0) is 17.1. The van der Waals surface area contributed by atoms with Gasteiger partial charge in [0.25, 0.3) is 0 Å². The van der Waals surface area contributed by atoms with E-state index in [0.717, 1.165) is 34.6 Å². The number of piperidine rings is 1. The third-order valence-corrected chi connectivity index (χ3v) is 5.91. The maximum absolute atomic E-state index is 12.9. The smallest absolute Gasteiger partial charge is 0.242 e. The number of benzene rings is 1. The first kappa shape index (κ1) is 17.3. The highest BCUT2D eigenvalue weighted by Gasteiger charge is 2.30. The van der Waals surface area contributed by atoms with Crippen molar-refractivity contribution in [2.24, 2.45) is 0 Å². The van der Waals surface area contributed by atoms with Gasteiger partial charge in [-0.2, -0.15) is 0 Å². The molecule has 1 amide bonds. The van der Waals surface area contributed by atoms with Crippen molar-refractivity contribution in [3.05, 3.63) is 24.3 Å². The Kier molecular flexibility index (Phi) is 5.48. The number of likely N-dealkylation sites (N-methyl/N-ethyl adjacent to an activating group) is 1. The minimum absolute atomic E-state index is 0.0590. The highest BCUT2D eigenvalue weighted by molar-refractivity contribution is 7.22. The maximum Gasteiger partial charge on any atom is 0.242 e. The van der Waals surface area contributed by atoms with Gasteiger partial charge in [-0.1, -0.05) is 29.9 Å². The third-order valence-electron chi connectivity index (χ3n) is 4.85. The van der Waals surface area contributed by atoms with Crippen molar-refractivity contribution in [2.75, 3.05) is 24.6 Å². The molecule has 1 aliphatic rings. The molecule has 0 spiro atoms. The van der Waals surface area contributed by atoms with Crippen molar-refractivity contribution in [3.63, 3.8) is 0 Å². The molecule has 1 N–H and O–H groups in total. The molecule has 1 saturated heterocycles. The summed E-state index contributed by atoms with van der Waals surface area (Å²) in [5.41, 5.74) is 0.934. The number of hydrogen-bond acceptors (Lipinski definition) is 5. The van der Waals surface area contributed by atoms with E-state index in [1.54, 1.807) is 16.2 Å². The first-order valence-electron chi connectivity index (χ1n) is 8.66. The van der Waals surface area contributed by atoms with E-state index in [9.17, 15) is 9.90 Å². The zero-order valence-corrected chi connectivity index (χ0v) is 15.1. The lowest BCUT2D eigenvalue weighted by Gasteiger charge is -2.40. The number of aliphatic hydroxyl groups excluding tert-OH is 1. The van der Waals surface area contributed by atoms with Crippen molar-refractivity contribution in [2.45, 2.75) is 45.2 Å². The molecule has 1 aromatic carbocycles. The number of rotatable bonds is 5. The van der Waals surface area contributed by atoms with E-state index in [4.69, 9.17) is 0 Å². The largest absolute Gasteiger partial charge is 0.395 e. The third kappa shape index (κ3) is 3.45. The number of amides is 1. The van der Waals surface area contributed by atoms with E-state index < -0.39 is 0 Å². The summed E-state index contributed by atoms with van der Waals surface area (Å²) in [6, 6.07) is 8.38. The number of carbonyl (C=O) groups is 1. The van der Waals surface area contributed by atoms with Crippen molar-refractivity contribution < 1.29 is 9.90 Å². The second-order valence-corrected chi connectivity index (χ2v) is 7.40. The maximum atomic E-state index is 12.9. The first-order valence-corrected chi connectivity index (χ1v) is 9.48. The lowest BCUT2D eigenvalue weighted by atomic mass is 9.97. The normalized spacial score (nSPS) is 22.0. The Bertz CT molecular complexity index is 669. The van der Waals surface area contributed by atoms with Gasteiger partial charge in [0.2, 0.25) is 5.91 Å². The molecule has 2 unspecified atom stereocenters. The van der Waals surface area contributed by atoms with Gasteiger partial charge in [-0.3, -0.25) is 14.6 Å². The van der Waals surface area contributed by atoms with Gasteiger partial charge in [-0.05, 0) is 38.8 Å². The Hall–Kier alpha value is -1.50. The summed E-state index contributed by atoms with van der Waals surface area (Å²) in [7, 11) is 0. The molecular weight excluding hydrogens is 322 g/mol. The summed E-state index contributed by atoms with van der Waals surface area (Å²) in [5, 5.41) is 10.4. The van der Waals surface area contributed by atoms with Gasteiger partial charge >= 0.3 is 0 Å². The second-order valence-electron chi connectivity index (χ2n) is 6.39. The Balaban J connectivity index is 1.78. The fourth-order valence-corrected chi connectivity index (χ4v) is 4.50. The molecule has 0 radical (unpaired) electrons. The van der Waals surface area contributed by atoms with Crippen LogP contribution in [0.5, 0.6) is 0 Å². The highest BCUT2D eigenvalue weighted by atomic mass is 32.1. The fraction of sp³-hybridized carbons (Fsp3) is 0.556. The monoisotopic (exact) mass is 347 g/mol. The number of anilines is 1. The molecule has 3 rings (SSSR count). The molecule has 2 heterocycles. The number of para-hydroxylation sites is 1. The predicted molar refractivity (Wildman–Crippen MR) is 98.5 cm³/mol. The Labute approximate surface area is 146 Å². The van der Waals surface area contributed by atoms with Gasteiger partial charge in [-0.25, -0.2) is 4.98 Å². The van der Waals surface area contributed by atoms with Crippen molar-refractivity contribution in [1.82, 2.24) is 9.88 Å². The number of aliphatic hydroxyl groups is 1. The molecule has 5 nitrogen and oxygen atoms in total. The van der Waals surface area contributed by atoms with Crippen molar-refractivity contribution in [3.8, 4) is 0 Å². The van der Waals surface area contributed by atoms with Crippen LogP contribution < -0.4 is 4.90 Å². The van der Waals surface area contributed by atoms with Gasteiger partial charge < -0.3 is 5.11 Å². The lowest BCUT2D eigenvalue weighted by molar-refractivity contribution is -0.121. The average molecular weight is 347 g/mol. The Morgan fingerprint density at radius 3 is 2.92 bits per heavy atom. The summed E-state index contributed by atoms with van der Waals surface area (Å²) < 4.78 is 1.10. The average Bonchev–Trinajstić information content (AvgIpc) is 3.00. The van der Waals surface area contributed by atoms with Crippen LogP contribution in [0.1, 0.15) is 33.1 Å². The molecular formula is C18H25N3O2S. The van der Waals surface area contributed by atoms with Crippen LogP contribution >= 0.6 is 11.3 Å². The highest BCUT2D eigenvalue weighted by Crippen LogP contribution is 2.29. The van der Waals surface area contributed by atoms with Crippen molar-refractivity contribution in [1.29, 1.82) is 0 Å². The first-order chi connectivity index (χ1) is 11.6. The van der Waals surface area contributed by atoms with Crippen LogP contribution in [0.25, 0.3) is 10.2 Å².